The largest absolute Gasteiger partial charge is 0.345 e. The van der Waals surface area contributed by atoms with Crippen molar-refractivity contribution in [1.29, 1.82) is 0 Å². The van der Waals surface area contributed by atoms with E-state index in [9.17, 15) is 4.79 Å². The molecule has 0 spiro atoms. The third-order valence-electron chi connectivity index (χ3n) is 3.90. The first-order valence-corrected chi connectivity index (χ1v) is 7.82. The van der Waals surface area contributed by atoms with Crippen LogP contribution in [0.1, 0.15) is 59.2 Å². The molecule has 0 unspecified atom stereocenters. The molecule has 1 aliphatic carbocycles. The van der Waals surface area contributed by atoms with Crippen LogP contribution in [0.25, 0.3) is 0 Å². The Hall–Kier alpha value is -1.94. The average Bonchev–Trinajstić information content (AvgIpc) is 3.32. The zero-order valence-electron chi connectivity index (χ0n) is 12.6. The minimum Gasteiger partial charge on any atom is -0.345 e. The van der Waals surface area contributed by atoms with Crippen LogP contribution in [0, 0.1) is 6.92 Å². The summed E-state index contributed by atoms with van der Waals surface area (Å²) >= 11 is 5.88. The van der Waals surface area contributed by atoms with Crippen LogP contribution in [-0.2, 0) is 0 Å². The number of carbonyl (C=O) groups excluding carboxylic acids is 1. The molecule has 3 rings (SSSR count). The number of hydrogen-bond acceptors (Lipinski definition) is 3. The van der Waals surface area contributed by atoms with Gasteiger partial charge in [-0.05, 0) is 44.4 Å². The van der Waals surface area contributed by atoms with Crippen LogP contribution in [0.2, 0.25) is 5.02 Å². The van der Waals surface area contributed by atoms with Gasteiger partial charge in [-0.3, -0.25) is 4.79 Å². The molecule has 1 aliphatic rings. The topological polar surface area (TPSA) is 54.9 Å². The fraction of sp³-hybridized carbons (Fsp3) is 0.353. The highest BCUT2D eigenvalue weighted by Gasteiger charge is 2.27. The lowest BCUT2D eigenvalue weighted by Crippen LogP contribution is -2.27. The Morgan fingerprint density at radius 3 is 2.59 bits per heavy atom. The molecule has 1 aromatic heterocycles. The van der Waals surface area contributed by atoms with Crippen LogP contribution >= 0.6 is 11.6 Å². The standard InChI is InChI=1S/C17H18ClN3O/c1-10(12-5-7-14(18)8-6-12)21-17(22)15-9-19-16(13-3-4-13)20-11(15)2/h5-10,13H,3-4H2,1-2H3,(H,21,22)/t10-/m0/s1. The SMILES string of the molecule is Cc1nc(C2CC2)ncc1C(=O)N[C@@H](C)c1ccc(Cl)cc1. The van der Waals surface area contributed by atoms with Gasteiger partial charge in [0.05, 0.1) is 17.3 Å². The maximum atomic E-state index is 12.4. The third-order valence-corrected chi connectivity index (χ3v) is 4.15. The summed E-state index contributed by atoms with van der Waals surface area (Å²) in [5.74, 6) is 1.20. The van der Waals surface area contributed by atoms with Gasteiger partial charge in [-0.15, -0.1) is 0 Å². The lowest BCUT2D eigenvalue weighted by Gasteiger charge is -2.15. The molecule has 0 saturated heterocycles. The van der Waals surface area contributed by atoms with E-state index < -0.39 is 0 Å². The predicted octanol–water partition coefficient (Wildman–Crippen LogP) is 3.81. The Bertz CT molecular complexity index is 696. The first-order valence-electron chi connectivity index (χ1n) is 7.44. The third kappa shape index (κ3) is 3.28. The Kier molecular flexibility index (Phi) is 4.12. The second kappa shape index (κ2) is 6.05. The number of amides is 1. The van der Waals surface area contributed by atoms with Crippen LogP contribution in [0.4, 0.5) is 0 Å². The Labute approximate surface area is 134 Å². The van der Waals surface area contributed by atoms with E-state index >= 15 is 0 Å². The summed E-state index contributed by atoms with van der Waals surface area (Å²) in [6.07, 6.45) is 3.94. The van der Waals surface area contributed by atoms with E-state index in [1.54, 1.807) is 6.20 Å². The molecule has 0 bridgehead atoms. The minimum absolute atomic E-state index is 0.104. The van der Waals surface area contributed by atoms with Gasteiger partial charge >= 0.3 is 0 Å². The Balaban J connectivity index is 1.72. The lowest BCUT2D eigenvalue weighted by atomic mass is 10.1. The molecule has 1 amide bonds. The molecule has 1 saturated carbocycles. The van der Waals surface area contributed by atoms with E-state index in [0.717, 1.165) is 29.9 Å². The van der Waals surface area contributed by atoms with Gasteiger partial charge < -0.3 is 5.32 Å². The fourth-order valence-electron chi connectivity index (χ4n) is 2.36. The van der Waals surface area contributed by atoms with Crippen molar-refractivity contribution in [2.45, 2.75) is 38.6 Å². The molecule has 0 radical (unpaired) electrons. The predicted molar refractivity (Wildman–Crippen MR) is 86.1 cm³/mol. The highest BCUT2D eigenvalue weighted by Crippen LogP contribution is 2.37. The molecular weight excluding hydrogens is 298 g/mol. The summed E-state index contributed by atoms with van der Waals surface area (Å²) in [6.45, 7) is 3.80. The summed E-state index contributed by atoms with van der Waals surface area (Å²) in [6, 6.07) is 7.35. The Morgan fingerprint density at radius 2 is 2.00 bits per heavy atom. The van der Waals surface area contributed by atoms with Crippen molar-refractivity contribution in [3.8, 4) is 0 Å². The lowest BCUT2D eigenvalue weighted by molar-refractivity contribution is 0.0938. The highest BCUT2D eigenvalue weighted by atomic mass is 35.5. The van der Waals surface area contributed by atoms with Gasteiger partial charge in [-0.1, -0.05) is 23.7 Å². The first kappa shape index (κ1) is 15.0. The van der Waals surface area contributed by atoms with E-state index in [4.69, 9.17) is 11.6 Å². The number of nitrogens with zero attached hydrogens (tertiary/aromatic N) is 2. The molecule has 4 nitrogen and oxygen atoms in total. The summed E-state index contributed by atoms with van der Waals surface area (Å²) in [5.41, 5.74) is 2.27. The van der Waals surface area contributed by atoms with Crippen molar-refractivity contribution >= 4 is 17.5 Å². The van der Waals surface area contributed by atoms with Gasteiger partial charge in [0.15, 0.2) is 0 Å². The molecule has 2 aromatic rings. The maximum Gasteiger partial charge on any atom is 0.255 e. The number of benzene rings is 1. The van der Waals surface area contributed by atoms with Crippen LogP contribution in [0.5, 0.6) is 0 Å². The van der Waals surface area contributed by atoms with E-state index in [-0.39, 0.29) is 11.9 Å². The molecule has 1 atom stereocenters. The van der Waals surface area contributed by atoms with E-state index in [2.05, 4.69) is 15.3 Å². The molecule has 0 aliphatic heterocycles. The second-order valence-corrected chi connectivity index (χ2v) is 6.18. The number of halogens is 1. The monoisotopic (exact) mass is 315 g/mol. The normalized spacial score (nSPS) is 15.4. The van der Waals surface area contributed by atoms with Crippen molar-refractivity contribution in [3.63, 3.8) is 0 Å². The molecule has 1 N–H and O–H groups in total. The summed E-state index contributed by atoms with van der Waals surface area (Å²) in [5, 5.41) is 3.66. The van der Waals surface area contributed by atoms with E-state index in [1.165, 1.54) is 0 Å². The number of rotatable bonds is 4. The van der Waals surface area contributed by atoms with Crippen molar-refractivity contribution < 1.29 is 4.79 Å². The molecular formula is C17H18ClN3O. The molecule has 1 aromatic carbocycles. The highest BCUT2D eigenvalue weighted by molar-refractivity contribution is 6.30. The van der Waals surface area contributed by atoms with Gasteiger partial charge in [0.2, 0.25) is 0 Å². The van der Waals surface area contributed by atoms with Crippen molar-refractivity contribution in [2.75, 3.05) is 0 Å². The summed E-state index contributed by atoms with van der Waals surface area (Å²) in [4.78, 5) is 21.2. The van der Waals surface area contributed by atoms with Crippen molar-refractivity contribution in [2.24, 2.45) is 0 Å². The van der Waals surface area contributed by atoms with Gasteiger partial charge in [-0.2, -0.15) is 0 Å². The van der Waals surface area contributed by atoms with E-state index in [0.29, 0.717) is 16.5 Å². The molecule has 22 heavy (non-hydrogen) atoms. The fourth-order valence-corrected chi connectivity index (χ4v) is 2.48. The Morgan fingerprint density at radius 1 is 1.32 bits per heavy atom. The minimum atomic E-state index is -0.151. The molecule has 5 heteroatoms. The smallest absolute Gasteiger partial charge is 0.255 e. The van der Waals surface area contributed by atoms with Gasteiger partial charge in [0.1, 0.15) is 5.82 Å². The quantitative estimate of drug-likeness (QED) is 0.933. The summed E-state index contributed by atoms with van der Waals surface area (Å²) < 4.78 is 0. The van der Waals surface area contributed by atoms with Crippen LogP contribution in [0.3, 0.4) is 0 Å². The first-order chi connectivity index (χ1) is 10.5. The zero-order valence-corrected chi connectivity index (χ0v) is 13.4. The zero-order chi connectivity index (χ0) is 15.7. The van der Waals surface area contributed by atoms with Crippen molar-refractivity contribution in [1.82, 2.24) is 15.3 Å². The summed E-state index contributed by atoms with van der Waals surface area (Å²) in [7, 11) is 0. The van der Waals surface area contributed by atoms with Crippen LogP contribution < -0.4 is 5.32 Å². The second-order valence-electron chi connectivity index (χ2n) is 5.75. The molecule has 1 heterocycles. The van der Waals surface area contributed by atoms with E-state index in [1.807, 2.05) is 38.1 Å². The molecule has 114 valence electrons. The number of nitrogens with one attached hydrogen (secondary N) is 1. The molecule has 1 fully saturated rings. The van der Waals surface area contributed by atoms with Gasteiger partial charge in [-0.25, -0.2) is 9.97 Å². The maximum absolute atomic E-state index is 12.4. The van der Waals surface area contributed by atoms with Crippen LogP contribution in [0.15, 0.2) is 30.5 Å². The average molecular weight is 316 g/mol. The van der Waals surface area contributed by atoms with Crippen LogP contribution in [-0.4, -0.2) is 15.9 Å². The number of aryl methyl sites for hydroxylation is 1. The number of carbonyl (C=O) groups is 1. The number of hydrogen-bond donors (Lipinski definition) is 1. The van der Waals surface area contributed by atoms with Crippen molar-refractivity contribution in [3.05, 3.63) is 58.1 Å². The number of aromatic nitrogens is 2. The van der Waals surface area contributed by atoms with Gasteiger partial charge in [0, 0.05) is 17.1 Å². The van der Waals surface area contributed by atoms with Gasteiger partial charge in [0.25, 0.3) is 5.91 Å².